The summed E-state index contributed by atoms with van der Waals surface area (Å²) in [7, 11) is 1.76. The highest BCUT2D eigenvalue weighted by Crippen LogP contribution is 2.38. The molecule has 0 aliphatic heterocycles. The number of rotatable bonds is 4. The van der Waals surface area contributed by atoms with Gasteiger partial charge >= 0.3 is 0 Å². The Labute approximate surface area is 152 Å². The first-order chi connectivity index (χ1) is 11.9. The molecule has 1 aromatic heterocycles. The van der Waals surface area contributed by atoms with E-state index in [-0.39, 0.29) is 12.4 Å². The zero-order valence-corrected chi connectivity index (χ0v) is 15.4. The number of aryl methyl sites for hydroxylation is 2. The van der Waals surface area contributed by atoms with E-state index in [0.29, 0.717) is 21.5 Å². The van der Waals surface area contributed by atoms with Crippen LogP contribution in [0.25, 0.3) is 11.1 Å². The van der Waals surface area contributed by atoms with Gasteiger partial charge in [0.15, 0.2) is 0 Å². The Morgan fingerprint density at radius 3 is 2.68 bits per heavy atom. The van der Waals surface area contributed by atoms with Crippen LogP contribution in [-0.4, -0.2) is 9.78 Å². The van der Waals surface area contributed by atoms with E-state index in [1.54, 1.807) is 29.9 Å². The minimum Gasteiger partial charge on any atom is -0.337 e. The minimum atomic E-state index is -0.397. The quantitative estimate of drug-likeness (QED) is 0.663. The van der Waals surface area contributed by atoms with E-state index in [1.807, 2.05) is 6.92 Å². The smallest absolute Gasteiger partial charge is 0.147 e. The highest BCUT2D eigenvalue weighted by Gasteiger charge is 2.20. The summed E-state index contributed by atoms with van der Waals surface area (Å²) < 4.78 is 30.0. The molecule has 3 N–H and O–H groups in total. The molecule has 0 amide bonds. The lowest BCUT2D eigenvalue weighted by atomic mass is 10.1. The number of nitrogens with one attached hydrogen (secondary N) is 1. The topological polar surface area (TPSA) is 55.9 Å². The molecule has 25 heavy (non-hydrogen) atoms. The summed E-state index contributed by atoms with van der Waals surface area (Å²) in [6, 6.07) is 9.19. The number of anilines is 2. The van der Waals surface area contributed by atoms with E-state index in [2.05, 4.69) is 26.3 Å². The van der Waals surface area contributed by atoms with Crippen molar-refractivity contribution >= 4 is 27.4 Å². The summed E-state index contributed by atoms with van der Waals surface area (Å²) in [5, 5.41) is 7.54. The van der Waals surface area contributed by atoms with Gasteiger partial charge in [0.2, 0.25) is 0 Å². The zero-order valence-electron chi connectivity index (χ0n) is 13.8. The van der Waals surface area contributed by atoms with E-state index in [4.69, 9.17) is 5.73 Å². The molecule has 4 nitrogen and oxygen atoms in total. The highest BCUT2D eigenvalue weighted by molar-refractivity contribution is 9.10. The Hall–Kier alpha value is -2.25. The van der Waals surface area contributed by atoms with Crippen molar-refractivity contribution < 1.29 is 8.78 Å². The van der Waals surface area contributed by atoms with Gasteiger partial charge in [-0.2, -0.15) is 5.10 Å². The van der Waals surface area contributed by atoms with Gasteiger partial charge in [-0.25, -0.2) is 8.78 Å². The lowest BCUT2D eigenvalue weighted by Gasteiger charge is -2.15. The van der Waals surface area contributed by atoms with Crippen LogP contribution in [0, 0.1) is 18.6 Å². The summed E-state index contributed by atoms with van der Waals surface area (Å²) in [6.45, 7) is 2.05. The predicted octanol–water partition coefficient (Wildman–Crippen LogP) is 4.64. The molecule has 3 rings (SSSR count). The van der Waals surface area contributed by atoms with Crippen molar-refractivity contribution in [2.24, 2.45) is 12.8 Å². The zero-order chi connectivity index (χ0) is 18.1. The molecule has 0 spiro atoms. The molecule has 2 aromatic carbocycles. The largest absolute Gasteiger partial charge is 0.337 e. The molecule has 0 saturated carbocycles. The van der Waals surface area contributed by atoms with Crippen molar-refractivity contribution in [2.45, 2.75) is 13.5 Å². The van der Waals surface area contributed by atoms with Crippen LogP contribution < -0.4 is 11.1 Å². The van der Waals surface area contributed by atoms with Gasteiger partial charge in [-0.3, -0.25) is 4.68 Å². The minimum absolute atomic E-state index is 0.201. The molecule has 0 bridgehead atoms. The summed E-state index contributed by atoms with van der Waals surface area (Å²) in [5.74, 6) is -0.137. The van der Waals surface area contributed by atoms with Crippen molar-refractivity contribution in [3.63, 3.8) is 0 Å². The van der Waals surface area contributed by atoms with Gasteiger partial charge in [-0.15, -0.1) is 0 Å². The van der Waals surface area contributed by atoms with E-state index in [0.717, 1.165) is 16.8 Å². The van der Waals surface area contributed by atoms with Crippen LogP contribution in [0.2, 0.25) is 0 Å². The highest BCUT2D eigenvalue weighted by atomic mass is 79.9. The molecule has 0 atom stereocenters. The number of hydrogen-bond donors (Lipinski definition) is 2. The molecule has 0 unspecified atom stereocenters. The first-order valence-corrected chi connectivity index (χ1v) is 8.45. The number of aromatic nitrogens is 2. The van der Waals surface area contributed by atoms with Crippen LogP contribution in [0.5, 0.6) is 0 Å². The number of benzene rings is 2. The van der Waals surface area contributed by atoms with Crippen molar-refractivity contribution in [1.29, 1.82) is 0 Å². The van der Waals surface area contributed by atoms with E-state index >= 15 is 0 Å². The maximum Gasteiger partial charge on any atom is 0.147 e. The van der Waals surface area contributed by atoms with Crippen LogP contribution >= 0.6 is 15.9 Å². The molecular formula is C18H17BrF2N4. The molecule has 3 aromatic rings. The van der Waals surface area contributed by atoms with Crippen LogP contribution in [-0.2, 0) is 13.6 Å². The van der Waals surface area contributed by atoms with Gasteiger partial charge in [-0.05, 0) is 30.7 Å². The van der Waals surface area contributed by atoms with Gasteiger partial charge in [0, 0.05) is 29.2 Å². The van der Waals surface area contributed by atoms with Crippen molar-refractivity contribution in [3.8, 4) is 11.1 Å². The van der Waals surface area contributed by atoms with E-state index in [9.17, 15) is 8.78 Å². The second kappa shape index (κ2) is 6.93. The van der Waals surface area contributed by atoms with Gasteiger partial charge in [0.1, 0.15) is 17.5 Å². The van der Waals surface area contributed by atoms with Crippen LogP contribution in [0.15, 0.2) is 40.9 Å². The van der Waals surface area contributed by atoms with Crippen molar-refractivity contribution in [3.05, 3.63) is 63.8 Å². The molecule has 7 heteroatoms. The predicted molar refractivity (Wildman–Crippen MR) is 98.6 cm³/mol. The maximum atomic E-state index is 14.3. The number of nitrogens with zero attached hydrogens (tertiary/aromatic N) is 2. The van der Waals surface area contributed by atoms with Crippen molar-refractivity contribution in [2.75, 3.05) is 5.32 Å². The first-order valence-electron chi connectivity index (χ1n) is 7.66. The number of nitrogens with two attached hydrogens (primary N) is 1. The molecule has 130 valence electrons. The van der Waals surface area contributed by atoms with E-state index in [1.165, 1.54) is 18.2 Å². The van der Waals surface area contributed by atoms with Gasteiger partial charge < -0.3 is 11.1 Å². The normalized spacial score (nSPS) is 11.0. The summed E-state index contributed by atoms with van der Waals surface area (Å²) in [5.41, 5.74) is 8.96. The Kier molecular flexibility index (Phi) is 4.87. The summed E-state index contributed by atoms with van der Waals surface area (Å²) >= 11 is 3.39. The van der Waals surface area contributed by atoms with Crippen molar-refractivity contribution in [1.82, 2.24) is 9.78 Å². The van der Waals surface area contributed by atoms with Gasteiger partial charge in [0.05, 0.1) is 11.4 Å². The summed E-state index contributed by atoms with van der Waals surface area (Å²) in [4.78, 5) is 0. The third-order valence-electron chi connectivity index (χ3n) is 3.99. The van der Waals surface area contributed by atoms with Gasteiger partial charge in [0.25, 0.3) is 0 Å². The lowest BCUT2D eigenvalue weighted by Crippen LogP contribution is -2.07. The molecule has 0 aliphatic carbocycles. The molecule has 0 aliphatic rings. The number of hydrogen-bond acceptors (Lipinski definition) is 3. The average molecular weight is 407 g/mol. The third kappa shape index (κ3) is 3.29. The number of para-hydroxylation sites is 1. The molecule has 1 heterocycles. The molecule has 0 fully saturated rings. The first kappa shape index (κ1) is 17.6. The maximum absolute atomic E-state index is 14.3. The van der Waals surface area contributed by atoms with Gasteiger partial charge in [-0.1, -0.05) is 34.1 Å². The fraction of sp³-hybridized carbons (Fsp3) is 0.167. The van der Waals surface area contributed by atoms with E-state index < -0.39 is 5.82 Å². The van der Waals surface area contributed by atoms with Crippen LogP contribution in [0.1, 0.15) is 11.3 Å². The Balaban J connectivity index is 2.16. The fourth-order valence-electron chi connectivity index (χ4n) is 2.81. The SMILES string of the molecule is Cc1nn(C)c(Nc2c(F)cccc2CN)c1-c1ccc(F)cc1Br. The molecule has 0 saturated heterocycles. The summed E-state index contributed by atoms with van der Waals surface area (Å²) in [6.07, 6.45) is 0. The molecule has 0 radical (unpaired) electrons. The second-order valence-corrected chi connectivity index (χ2v) is 6.51. The number of halogens is 3. The van der Waals surface area contributed by atoms with Crippen LogP contribution in [0.4, 0.5) is 20.3 Å². The average Bonchev–Trinajstić information content (AvgIpc) is 2.83. The second-order valence-electron chi connectivity index (χ2n) is 5.66. The monoisotopic (exact) mass is 406 g/mol. The Morgan fingerprint density at radius 1 is 1.24 bits per heavy atom. The standard InChI is InChI=1S/C18H17BrF2N4/c1-10-16(13-7-6-12(20)8-14(13)19)18(25(2)24-10)23-17-11(9-22)4-3-5-15(17)21/h3-8,23H,9,22H2,1-2H3. The Bertz CT molecular complexity index is 937. The van der Waals surface area contributed by atoms with Crippen LogP contribution in [0.3, 0.4) is 0 Å². The third-order valence-corrected chi connectivity index (χ3v) is 4.64. The Morgan fingerprint density at radius 2 is 2.00 bits per heavy atom. The fourth-order valence-corrected chi connectivity index (χ4v) is 3.36. The lowest BCUT2D eigenvalue weighted by molar-refractivity contribution is 0.627. The molecular weight excluding hydrogens is 390 g/mol.